The monoisotopic (exact) mass is 129 g/mol. The minimum absolute atomic E-state index is 0. The molecule has 0 bridgehead atoms. The first-order valence-corrected chi connectivity index (χ1v) is 2.38. The summed E-state index contributed by atoms with van der Waals surface area (Å²) in [5, 5.41) is 11.0. The van der Waals surface area contributed by atoms with Crippen LogP contribution in [0.1, 0.15) is 1.43 Å². The van der Waals surface area contributed by atoms with Crippen molar-refractivity contribution in [2.24, 2.45) is 0 Å². The maximum Gasteiger partial charge on any atom is 0.271 e. The van der Waals surface area contributed by atoms with Crippen LogP contribution in [0.4, 0.5) is 5.69 Å². The molecule has 1 aromatic rings. The third kappa shape index (κ3) is 0.526. The molecule has 0 aliphatic heterocycles. The van der Waals surface area contributed by atoms with Gasteiger partial charge in [-0.15, -0.1) is 0 Å². The van der Waals surface area contributed by atoms with Gasteiger partial charge in [-0.25, -0.2) is 0 Å². The van der Waals surface area contributed by atoms with Crippen LogP contribution >= 0.6 is 0 Å². The highest BCUT2D eigenvalue weighted by molar-refractivity contribution is 5.60. The van der Waals surface area contributed by atoms with Crippen LogP contribution in [-0.2, 0) is 0 Å². The van der Waals surface area contributed by atoms with E-state index in [1.54, 1.807) is 0 Å². The van der Waals surface area contributed by atoms with Crippen LogP contribution in [0.2, 0.25) is 0 Å². The van der Waals surface area contributed by atoms with Crippen LogP contribution in [0.25, 0.3) is 0 Å². The summed E-state index contributed by atoms with van der Waals surface area (Å²) in [7, 11) is 1.47. The lowest BCUT2D eigenvalue weighted by atomic mass is 10.2. The molecule has 0 aromatic heterocycles. The lowest BCUT2D eigenvalue weighted by Gasteiger charge is -2.01. The molecule has 0 atom stereocenters. The van der Waals surface area contributed by atoms with Gasteiger partial charge in [-0.1, -0.05) is 0 Å². The lowest BCUT2D eigenvalue weighted by Crippen LogP contribution is -2.32. The van der Waals surface area contributed by atoms with Crippen molar-refractivity contribution < 1.29 is 6.53 Å². The summed E-state index contributed by atoms with van der Waals surface area (Å²) >= 11 is 0. The van der Waals surface area contributed by atoms with E-state index in [9.17, 15) is 9.59 Å². The molecule has 0 spiro atoms. The van der Waals surface area contributed by atoms with E-state index in [-0.39, 0.29) is 7.11 Å². The van der Waals surface area contributed by atoms with Gasteiger partial charge in [0.25, 0.3) is 10.9 Å². The Kier molecular flexibility index (Phi) is 1.02. The summed E-state index contributed by atoms with van der Waals surface area (Å²) < 4.78 is 0. The smallest absolute Gasteiger partial charge is 0.271 e. The fourth-order valence-electron chi connectivity index (χ4n) is 0.612. The lowest BCUT2D eigenvalue weighted by molar-refractivity contribution is 0.466. The van der Waals surface area contributed by atoms with Gasteiger partial charge in [-0.05, 0) is 0 Å². The van der Waals surface area contributed by atoms with Crippen LogP contribution in [0.15, 0.2) is 9.59 Å². The first-order chi connectivity index (χ1) is 4.18. The van der Waals surface area contributed by atoms with E-state index in [0.717, 1.165) is 0 Å². The van der Waals surface area contributed by atoms with E-state index in [2.05, 4.69) is 5.32 Å². The summed E-state index contributed by atoms with van der Waals surface area (Å²) in [6.07, 6.45) is 0. The van der Waals surface area contributed by atoms with Crippen LogP contribution in [-0.4, -0.2) is 12.2 Å². The minimum atomic E-state index is -0.806. The van der Waals surface area contributed by atoms with Crippen molar-refractivity contribution in [2.75, 3.05) is 12.4 Å². The summed E-state index contributed by atoms with van der Waals surface area (Å²) in [4.78, 5) is 20.6. The van der Waals surface area contributed by atoms with Crippen molar-refractivity contribution >= 4 is 5.69 Å². The Morgan fingerprint density at radius 1 is 1.44 bits per heavy atom. The number of rotatable bonds is 1. The topological polar surface area (TPSA) is 66.4 Å². The Morgan fingerprint density at radius 2 is 2.00 bits per heavy atom. The minimum Gasteiger partial charge on any atom is -0.502 e. The van der Waals surface area contributed by atoms with Gasteiger partial charge in [0, 0.05) is 8.47 Å². The maximum absolute atomic E-state index is 10.4. The second-order valence-electron chi connectivity index (χ2n) is 1.63. The average molecular weight is 129 g/mol. The number of aromatic hydroxyl groups is 1. The zero-order valence-corrected chi connectivity index (χ0v) is 4.76. The quantitative estimate of drug-likeness (QED) is 0.491. The molecule has 0 radical (unpaired) electrons. The third-order valence-corrected chi connectivity index (χ3v) is 1.14. The van der Waals surface area contributed by atoms with E-state index in [4.69, 9.17) is 5.11 Å². The first-order valence-electron chi connectivity index (χ1n) is 2.38. The highest BCUT2D eigenvalue weighted by atomic mass is 16.3. The second-order valence-corrected chi connectivity index (χ2v) is 1.63. The molecule has 0 aliphatic rings. The summed E-state index contributed by atoms with van der Waals surface area (Å²) in [6.45, 7) is 0. The largest absolute Gasteiger partial charge is 0.502 e. The van der Waals surface area contributed by atoms with Crippen molar-refractivity contribution in [2.45, 2.75) is 0 Å². The Hall–Kier alpha value is -1.32. The Morgan fingerprint density at radius 3 is 2.22 bits per heavy atom. The van der Waals surface area contributed by atoms with Crippen molar-refractivity contribution in [1.29, 1.82) is 0 Å². The van der Waals surface area contributed by atoms with Gasteiger partial charge < -0.3 is 10.4 Å². The summed E-state index contributed by atoms with van der Waals surface area (Å²) in [5.41, 5.74) is -1.44. The molecule has 0 saturated carbocycles. The maximum atomic E-state index is 10.4. The fraction of sp³-hybridized carbons (Fsp3) is 0.200. The SMILES string of the molecule is CNc1c(O)c(=O)c1=O.[HH]. The summed E-state index contributed by atoms with van der Waals surface area (Å²) in [6, 6.07) is 0. The van der Waals surface area contributed by atoms with Crippen LogP contribution in [0, 0.1) is 0 Å². The van der Waals surface area contributed by atoms with Gasteiger partial charge in [0.2, 0.25) is 0 Å². The Bertz CT molecular complexity index is 299. The molecule has 9 heavy (non-hydrogen) atoms. The van der Waals surface area contributed by atoms with Gasteiger partial charge in [0.15, 0.2) is 5.75 Å². The highest BCUT2D eigenvalue weighted by Gasteiger charge is 2.17. The summed E-state index contributed by atoms with van der Waals surface area (Å²) in [5.74, 6) is -0.456. The van der Waals surface area contributed by atoms with Gasteiger partial charge >= 0.3 is 0 Å². The van der Waals surface area contributed by atoms with E-state index < -0.39 is 16.6 Å². The first kappa shape index (κ1) is 5.81. The van der Waals surface area contributed by atoms with E-state index in [0.29, 0.717) is 0 Å². The molecule has 1 aromatic carbocycles. The molecular formula is C5H7NO3. The van der Waals surface area contributed by atoms with Crippen molar-refractivity contribution in [1.82, 2.24) is 0 Å². The molecule has 50 valence electrons. The second kappa shape index (κ2) is 1.58. The molecular weight excluding hydrogens is 122 g/mol. The van der Waals surface area contributed by atoms with Gasteiger partial charge in [-0.3, -0.25) is 9.59 Å². The van der Waals surface area contributed by atoms with Gasteiger partial charge in [0.05, 0.1) is 0 Å². The van der Waals surface area contributed by atoms with E-state index in [1.807, 2.05) is 0 Å². The van der Waals surface area contributed by atoms with Crippen LogP contribution in [0.3, 0.4) is 0 Å². The molecule has 0 amide bonds. The number of nitrogens with one attached hydrogen (secondary N) is 1. The Balaban J connectivity index is 0.000000810. The number of hydrogen-bond donors (Lipinski definition) is 2. The van der Waals surface area contributed by atoms with Crippen LogP contribution < -0.4 is 16.2 Å². The molecule has 2 N–H and O–H groups in total. The van der Waals surface area contributed by atoms with Gasteiger partial charge in [0.1, 0.15) is 5.69 Å². The standard InChI is InChI=1S/C5H5NO3.H2/c1-6-2-3(7)5(9)4(2)8;/h6-7H,1H3;1H. The number of anilines is 1. The van der Waals surface area contributed by atoms with E-state index >= 15 is 0 Å². The van der Waals surface area contributed by atoms with Crippen molar-refractivity contribution in [3.63, 3.8) is 0 Å². The predicted molar refractivity (Wildman–Crippen MR) is 34.7 cm³/mol. The van der Waals surface area contributed by atoms with Crippen molar-refractivity contribution in [3.05, 3.63) is 20.4 Å². The van der Waals surface area contributed by atoms with E-state index in [1.165, 1.54) is 7.05 Å². The molecule has 0 fully saturated rings. The fourth-order valence-corrected chi connectivity index (χ4v) is 0.612. The molecule has 0 aliphatic carbocycles. The highest BCUT2D eigenvalue weighted by Crippen LogP contribution is 2.12. The molecule has 0 heterocycles. The zero-order chi connectivity index (χ0) is 7.02. The van der Waals surface area contributed by atoms with Gasteiger partial charge in [-0.2, -0.15) is 0 Å². The zero-order valence-electron chi connectivity index (χ0n) is 4.76. The normalized spacial score (nSPS) is 9.89. The Labute approximate surface area is 51.9 Å². The molecule has 4 heteroatoms. The van der Waals surface area contributed by atoms with Crippen LogP contribution in [0.5, 0.6) is 5.75 Å². The molecule has 0 saturated heterocycles. The van der Waals surface area contributed by atoms with Crippen molar-refractivity contribution in [3.8, 4) is 5.75 Å². The predicted octanol–water partition coefficient (Wildman–Crippen LogP) is -0.724. The molecule has 4 nitrogen and oxygen atoms in total. The number of hydrogen-bond acceptors (Lipinski definition) is 4. The third-order valence-electron chi connectivity index (χ3n) is 1.14. The average Bonchev–Trinajstić information content (AvgIpc) is 1.89. The molecule has 1 rings (SSSR count). The molecule has 0 unspecified atom stereocenters.